The number of amides is 1. The maximum atomic E-state index is 12.0. The molecule has 0 bridgehead atoms. The number of fused-ring (bicyclic) bond motifs is 1. The Balaban J connectivity index is 1.91. The van der Waals surface area contributed by atoms with E-state index in [-0.39, 0.29) is 11.4 Å². The van der Waals surface area contributed by atoms with Crippen LogP contribution < -0.4 is 5.32 Å². The minimum absolute atomic E-state index is 0.0628. The molecule has 0 spiro atoms. The van der Waals surface area contributed by atoms with E-state index in [1.165, 1.54) is 31.0 Å². The maximum Gasteiger partial charge on any atom is 0.230 e. The van der Waals surface area contributed by atoms with Crippen molar-refractivity contribution in [2.75, 3.05) is 5.75 Å². The van der Waals surface area contributed by atoms with Crippen LogP contribution in [0.5, 0.6) is 0 Å². The van der Waals surface area contributed by atoms with Crippen molar-refractivity contribution in [1.29, 1.82) is 0 Å². The summed E-state index contributed by atoms with van der Waals surface area (Å²) in [6.07, 6.45) is 5.53. The molecule has 0 aromatic carbocycles. The van der Waals surface area contributed by atoms with Crippen LogP contribution in [-0.4, -0.2) is 32.0 Å². The average Bonchev–Trinajstić information content (AvgIpc) is 2.63. The molecule has 1 aliphatic rings. The van der Waals surface area contributed by atoms with Gasteiger partial charge in [0.1, 0.15) is 5.82 Å². The zero-order valence-electron chi connectivity index (χ0n) is 12.6. The van der Waals surface area contributed by atoms with E-state index in [1.807, 2.05) is 13.8 Å². The molecule has 1 aliphatic heterocycles. The first kappa shape index (κ1) is 15.4. The second-order valence-electron chi connectivity index (χ2n) is 5.94. The standard InChI is InChI=1S/C14H24N4OS/c1-4-14(2,3)15-12(19)10-20-13-17-16-11-8-6-5-7-9-18(11)13/h4-10H2,1-3H3,(H,15,19). The number of carbonyl (C=O) groups excluding carboxylic acids is 1. The van der Waals surface area contributed by atoms with Crippen molar-refractivity contribution in [2.45, 2.75) is 70.1 Å². The van der Waals surface area contributed by atoms with Gasteiger partial charge in [0.25, 0.3) is 0 Å². The molecule has 0 aliphatic carbocycles. The molecule has 1 aromatic heterocycles. The summed E-state index contributed by atoms with van der Waals surface area (Å²) in [5.41, 5.74) is -0.139. The van der Waals surface area contributed by atoms with E-state index in [1.54, 1.807) is 0 Å². The lowest BCUT2D eigenvalue weighted by atomic mass is 10.0. The molecule has 2 rings (SSSR count). The quantitative estimate of drug-likeness (QED) is 0.848. The lowest BCUT2D eigenvalue weighted by Crippen LogP contribution is -2.43. The van der Waals surface area contributed by atoms with Crippen LogP contribution in [0.3, 0.4) is 0 Å². The normalized spacial score (nSPS) is 15.6. The van der Waals surface area contributed by atoms with Crippen molar-refractivity contribution in [3.63, 3.8) is 0 Å². The Bertz CT molecular complexity index is 470. The van der Waals surface area contributed by atoms with Gasteiger partial charge in [-0.25, -0.2) is 0 Å². The molecule has 0 saturated carbocycles. The third kappa shape index (κ3) is 3.98. The highest BCUT2D eigenvalue weighted by Crippen LogP contribution is 2.21. The highest BCUT2D eigenvalue weighted by Gasteiger charge is 2.19. The van der Waals surface area contributed by atoms with E-state index in [4.69, 9.17) is 0 Å². The highest BCUT2D eigenvalue weighted by molar-refractivity contribution is 7.99. The van der Waals surface area contributed by atoms with Crippen LogP contribution in [0.25, 0.3) is 0 Å². The first-order valence-corrected chi connectivity index (χ1v) is 8.36. The van der Waals surface area contributed by atoms with Gasteiger partial charge in [-0.3, -0.25) is 4.79 Å². The summed E-state index contributed by atoms with van der Waals surface area (Å²) in [5.74, 6) is 1.54. The van der Waals surface area contributed by atoms with E-state index >= 15 is 0 Å². The van der Waals surface area contributed by atoms with Crippen molar-refractivity contribution in [3.05, 3.63) is 5.82 Å². The number of nitrogens with one attached hydrogen (secondary N) is 1. The minimum atomic E-state index is -0.139. The van der Waals surface area contributed by atoms with Crippen molar-refractivity contribution in [3.8, 4) is 0 Å². The molecular weight excluding hydrogens is 272 g/mol. The topological polar surface area (TPSA) is 59.8 Å². The van der Waals surface area contributed by atoms with Crippen molar-refractivity contribution in [1.82, 2.24) is 20.1 Å². The summed E-state index contributed by atoms with van der Waals surface area (Å²) >= 11 is 1.49. The molecule has 1 N–H and O–H groups in total. The van der Waals surface area contributed by atoms with Crippen LogP contribution in [0.4, 0.5) is 0 Å². The number of nitrogens with zero attached hydrogens (tertiary/aromatic N) is 3. The number of hydrogen-bond donors (Lipinski definition) is 1. The first-order valence-electron chi connectivity index (χ1n) is 7.38. The summed E-state index contributed by atoms with van der Waals surface area (Å²) in [6.45, 7) is 7.13. The van der Waals surface area contributed by atoms with Gasteiger partial charge < -0.3 is 9.88 Å². The zero-order valence-corrected chi connectivity index (χ0v) is 13.4. The van der Waals surface area contributed by atoms with Crippen LogP contribution in [0, 0.1) is 0 Å². The van der Waals surface area contributed by atoms with E-state index in [9.17, 15) is 4.79 Å². The van der Waals surface area contributed by atoms with E-state index < -0.39 is 0 Å². The molecule has 20 heavy (non-hydrogen) atoms. The molecule has 5 nitrogen and oxygen atoms in total. The van der Waals surface area contributed by atoms with Crippen LogP contribution in [0.2, 0.25) is 0 Å². The summed E-state index contributed by atoms with van der Waals surface area (Å²) < 4.78 is 2.18. The summed E-state index contributed by atoms with van der Waals surface area (Å²) in [5, 5.41) is 12.4. The average molecular weight is 296 g/mol. The van der Waals surface area contributed by atoms with Crippen molar-refractivity contribution >= 4 is 17.7 Å². The third-order valence-corrected chi connectivity index (χ3v) is 4.74. The molecule has 0 atom stereocenters. The van der Waals surface area contributed by atoms with Gasteiger partial charge in [-0.2, -0.15) is 0 Å². The molecule has 1 amide bonds. The van der Waals surface area contributed by atoms with Gasteiger partial charge in [0.15, 0.2) is 5.16 Å². The molecule has 0 radical (unpaired) electrons. The number of rotatable bonds is 5. The SMILES string of the molecule is CCC(C)(C)NC(=O)CSc1nnc2n1CCCCC2. The van der Waals surface area contributed by atoms with Crippen LogP contribution >= 0.6 is 11.8 Å². The Morgan fingerprint density at radius 3 is 2.90 bits per heavy atom. The maximum absolute atomic E-state index is 12.0. The second kappa shape index (κ2) is 6.61. The zero-order chi connectivity index (χ0) is 14.6. The van der Waals surface area contributed by atoms with Gasteiger partial charge in [-0.15, -0.1) is 10.2 Å². The third-order valence-electron chi connectivity index (χ3n) is 3.77. The predicted molar refractivity (Wildman–Crippen MR) is 80.8 cm³/mol. The molecule has 6 heteroatoms. The second-order valence-corrected chi connectivity index (χ2v) is 6.88. The predicted octanol–water partition coefficient (Wildman–Crippen LogP) is 2.40. The summed E-state index contributed by atoms with van der Waals surface area (Å²) in [6, 6.07) is 0. The Labute approximate surface area is 124 Å². The molecule has 0 fully saturated rings. The molecule has 1 aromatic rings. The molecule has 2 heterocycles. The number of aryl methyl sites for hydroxylation is 1. The lowest BCUT2D eigenvalue weighted by molar-refractivity contribution is -0.120. The monoisotopic (exact) mass is 296 g/mol. The van der Waals surface area contributed by atoms with Gasteiger partial charge in [-0.1, -0.05) is 25.1 Å². The van der Waals surface area contributed by atoms with Crippen molar-refractivity contribution in [2.24, 2.45) is 0 Å². The Morgan fingerprint density at radius 2 is 2.15 bits per heavy atom. The fourth-order valence-corrected chi connectivity index (χ4v) is 2.98. The number of carbonyl (C=O) groups is 1. The van der Waals surface area contributed by atoms with E-state index in [0.29, 0.717) is 5.75 Å². The van der Waals surface area contributed by atoms with Gasteiger partial charge >= 0.3 is 0 Å². The summed E-state index contributed by atoms with van der Waals surface area (Å²) in [4.78, 5) is 12.0. The minimum Gasteiger partial charge on any atom is -0.351 e. The molecule has 0 saturated heterocycles. The van der Waals surface area contributed by atoms with Gasteiger partial charge in [0.05, 0.1) is 5.75 Å². The van der Waals surface area contributed by atoms with Crippen LogP contribution in [0.1, 0.15) is 52.3 Å². The van der Waals surface area contributed by atoms with Crippen LogP contribution in [0.15, 0.2) is 5.16 Å². The van der Waals surface area contributed by atoms with Gasteiger partial charge in [0, 0.05) is 18.5 Å². The fourth-order valence-electron chi connectivity index (χ4n) is 2.20. The Morgan fingerprint density at radius 1 is 1.35 bits per heavy atom. The lowest BCUT2D eigenvalue weighted by Gasteiger charge is -2.24. The fraction of sp³-hybridized carbons (Fsp3) is 0.786. The number of aromatic nitrogens is 3. The Kier molecular flexibility index (Phi) is 5.07. The van der Waals surface area contributed by atoms with Gasteiger partial charge in [0.2, 0.25) is 5.91 Å². The van der Waals surface area contributed by atoms with E-state index in [2.05, 4.69) is 27.0 Å². The number of thioether (sulfide) groups is 1. The van der Waals surface area contributed by atoms with Crippen LogP contribution in [-0.2, 0) is 17.8 Å². The molecular formula is C14H24N4OS. The number of hydrogen-bond acceptors (Lipinski definition) is 4. The smallest absolute Gasteiger partial charge is 0.230 e. The highest BCUT2D eigenvalue weighted by atomic mass is 32.2. The molecule has 112 valence electrons. The Hall–Kier alpha value is -1.04. The molecule has 0 unspecified atom stereocenters. The van der Waals surface area contributed by atoms with E-state index in [0.717, 1.165) is 30.4 Å². The first-order chi connectivity index (χ1) is 9.52. The van der Waals surface area contributed by atoms with Crippen molar-refractivity contribution < 1.29 is 4.79 Å². The van der Waals surface area contributed by atoms with Gasteiger partial charge in [-0.05, 0) is 33.1 Å². The largest absolute Gasteiger partial charge is 0.351 e. The summed E-state index contributed by atoms with van der Waals surface area (Å²) in [7, 11) is 0.